The van der Waals surface area contributed by atoms with E-state index in [4.69, 9.17) is 4.74 Å². The van der Waals surface area contributed by atoms with Gasteiger partial charge in [0.1, 0.15) is 0 Å². The second-order valence-electron chi connectivity index (χ2n) is 6.17. The van der Waals surface area contributed by atoms with Crippen LogP contribution in [0.2, 0.25) is 0 Å². The number of ether oxygens (including phenoxy) is 1. The van der Waals surface area contributed by atoms with Gasteiger partial charge in [0.2, 0.25) is 0 Å². The Morgan fingerprint density at radius 2 is 1.82 bits per heavy atom. The number of nitrogens with zero attached hydrogens (tertiary/aromatic N) is 1. The van der Waals surface area contributed by atoms with Crippen molar-refractivity contribution in [2.24, 2.45) is 11.8 Å². The molecule has 1 aromatic carbocycles. The van der Waals surface area contributed by atoms with E-state index in [2.05, 4.69) is 13.8 Å². The highest BCUT2D eigenvalue weighted by Crippen LogP contribution is 2.14. The molecule has 0 N–H and O–H groups in total. The summed E-state index contributed by atoms with van der Waals surface area (Å²) in [7, 11) is 1.38. The van der Waals surface area contributed by atoms with Crippen LogP contribution in [-0.2, 0) is 9.53 Å². The van der Waals surface area contributed by atoms with Crippen LogP contribution < -0.4 is 0 Å². The quantitative estimate of drug-likeness (QED) is 0.726. The number of hydrogen-bond donors (Lipinski definition) is 0. The molecule has 0 saturated heterocycles. The molecule has 1 rings (SSSR count). The highest BCUT2D eigenvalue weighted by atomic mass is 16.5. The van der Waals surface area contributed by atoms with Crippen molar-refractivity contribution < 1.29 is 14.3 Å². The van der Waals surface area contributed by atoms with E-state index >= 15 is 0 Å². The van der Waals surface area contributed by atoms with E-state index in [0.717, 1.165) is 12.0 Å². The van der Waals surface area contributed by atoms with Gasteiger partial charge in [-0.3, -0.25) is 9.59 Å². The molecule has 1 atom stereocenters. The Hall–Kier alpha value is -1.84. The molecule has 1 aromatic rings. The maximum absolute atomic E-state index is 12.8. The summed E-state index contributed by atoms with van der Waals surface area (Å²) in [6, 6.07) is 7.55. The molecule has 122 valence electrons. The zero-order chi connectivity index (χ0) is 16.7. The van der Waals surface area contributed by atoms with Crippen molar-refractivity contribution >= 4 is 11.9 Å². The van der Waals surface area contributed by atoms with Crippen molar-refractivity contribution in [3.8, 4) is 0 Å². The van der Waals surface area contributed by atoms with Gasteiger partial charge >= 0.3 is 5.97 Å². The third kappa shape index (κ3) is 5.17. The molecule has 0 heterocycles. The minimum absolute atomic E-state index is 0.0190. The van der Waals surface area contributed by atoms with Crippen molar-refractivity contribution in [2.45, 2.75) is 34.1 Å². The Balaban J connectivity index is 2.91. The summed E-state index contributed by atoms with van der Waals surface area (Å²) in [5.41, 5.74) is 1.65. The van der Waals surface area contributed by atoms with Crippen LogP contribution in [-0.4, -0.2) is 37.0 Å². The van der Waals surface area contributed by atoms with Crippen LogP contribution in [0.4, 0.5) is 0 Å². The lowest BCUT2D eigenvalue weighted by Crippen LogP contribution is -2.38. The van der Waals surface area contributed by atoms with Crippen molar-refractivity contribution in [2.75, 3.05) is 20.2 Å². The van der Waals surface area contributed by atoms with Crippen LogP contribution in [0.25, 0.3) is 0 Å². The lowest BCUT2D eigenvalue weighted by atomic mass is 10.0. The molecular formula is C18H27NO3. The molecule has 1 amide bonds. The van der Waals surface area contributed by atoms with Gasteiger partial charge in [-0.15, -0.1) is 0 Å². The molecule has 0 aliphatic carbocycles. The monoisotopic (exact) mass is 305 g/mol. The molecule has 1 unspecified atom stereocenters. The zero-order valence-electron chi connectivity index (χ0n) is 14.3. The van der Waals surface area contributed by atoms with Crippen molar-refractivity contribution in [3.05, 3.63) is 35.4 Å². The summed E-state index contributed by atoms with van der Waals surface area (Å²) >= 11 is 0. The van der Waals surface area contributed by atoms with Gasteiger partial charge in [0, 0.05) is 18.7 Å². The van der Waals surface area contributed by atoms with Gasteiger partial charge < -0.3 is 9.64 Å². The van der Waals surface area contributed by atoms with Gasteiger partial charge in [0.05, 0.1) is 13.0 Å². The number of methoxy groups -OCH3 is 1. The highest BCUT2D eigenvalue weighted by Gasteiger charge is 2.23. The van der Waals surface area contributed by atoms with Gasteiger partial charge in [-0.25, -0.2) is 0 Å². The molecular weight excluding hydrogens is 278 g/mol. The fourth-order valence-corrected chi connectivity index (χ4v) is 2.28. The Morgan fingerprint density at radius 3 is 2.36 bits per heavy atom. The van der Waals surface area contributed by atoms with Crippen molar-refractivity contribution in [1.82, 2.24) is 4.90 Å². The maximum Gasteiger partial charge on any atom is 0.310 e. The predicted molar refractivity (Wildman–Crippen MR) is 87.7 cm³/mol. The summed E-state index contributed by atoms with van der Waals surface area (Å²) in [6.07, 6.45) is 0.908. The first-order valence-corrected chi connectivity index (χ1v) is 7.79. The minimum atomic E-state index is -0.329. The fourth-order valence-electron chi connectivity index (χ4n) is 2.28. The smallest absolute Gasteiger partial charge is 0.310 e. The summed E-state index contributed by atoms with van der Waals surface area (Å²) in [5.74, 6) is -0.132. The predicted octanol–water partition coefficient (Wildman–Crippen LogP) is 3.29. The fraction of sp³-hybridized carbons (Fsp3) is 0.556. The summed E-state index contributed by atoms with van der Waals surface area (Å²) in [6.45, 7) is 9.00. The number of aryl methyl sites for hydroxylation is 1. The average molecular weight is 305 g/mol. The topological polar surface area (TPSA) is 46.6 Å². The van der Waals surface area contributed by atoms with E-state index in [9.17, 15) is 9.59 Å². The van der Waals surface area contributed by atoms with Crippen LogP contribution in [0.15, 0.2) is 24.3 Å². The number of esters is 1. The second-order valence-corrected chi connectivity index (χ2v) is 6.17. The van der Waals surface area contributed by atoms with E-state index in [1.165, 1.54) is 7.11 Å². The SMILES string of the molecule is COC(=O)C(C)CN(CCC(C)C)C(=O)c1ccccc1C. The van der Waals surface area contributed by atoms with Crippen LogP contribution in [0.1, 0.15) is 43.1 Å². The van der Waals surface area contributed by atoms with Crippen molar-refractivity contribution in [1.29, 1.82) is 0 Å². The first kappa shape index (κ1) is 18.2. The number of amides is 1. The summed E-state index contributed by atoms with van der Waals surface area (Å²) < 4.78 is 4.77. The average Bonchev–Trinajstić information content (AvgIpc) is 2.49. The van der Waals surface area contributed by atoms with Gasteiger partial charge in [0.15, 0.2) is 0 Å². The third-order valence-electron chi connectivity index (χ3n) is 3.74. The van der Waals surface area contributed by atoms with Crippen LogP contribution in [0.5, 0.6) is 0 Å². The van der Waals surface area contributed by atoms with Gasteiger partial charge in [0.25, 0.3) is 5.91 Å². The molecule has 4 heteroatoms. The summed E-state index contributed by atoms with van der Waals surface area (Å²) in [4.78, 5) is 26.2. The minimum Gasteiger partial charge on any atom is -0.469 e. The van der Waals surface area contributed by atoms with E-state index < -0.39 is 0 Å². The van der Waals surface area contributed by atoms with E-state index in [1.54, 1.807) is 11.8 Å². The van der Waals surface area contributed by atoms with Crippen molar-refractivity contribution in [3.63, 3.8) is 0 Å². The molecule has 0 aliphatic rings. The number of carbonyl (C=O) groups excluding carboxylic acids is 2. The second kappa shape index (κ2) is 8.57. The molecule has 0 fully saturated rings. The number of hydrogen-bond acceptors (Lipinski definition) is 3. The Kier molecular flexibility index (Phi) is 7.09. The first-order chi connectivity index (χ1) is 10.4. The van der Waals surface area contributed by atoms with Crippen LogP contribution in [0.3, 0.4) is 0 Å². The lowest BCUT2D eigenvalue weighted by Gasteiger charge is -2.26. The molecule has 22 heavy (non-hydrogen) atoms. The molecule has 0 aromatic heterocycles. The third-order valence-corrected chi connectivity index (χ3v) is 3.74. The number of rotatable bonds is 7. The normalized spacial score (nSPS) is 12.1. The number of benzene rings is 1. The van der Waals surface area contributed by atoms with Gasteiger partial charge in [-0.05, 0) is 30.9 Å². The lowest BCUT2D eigenvalue weighted by molar-refractivity contribution is -0.145. The largest absolute Gasteiger partial charge is 0.469 e. The Bertz CT molecular complexity index is 511. The molecule has 0 spiro atoms. The zero-order valence-corrected chi connectivity index (χ0v) is 14.3. The standard InChI is InChI=1S/C18H27NO3/c1-13(2)10-11-19(12-15(4)18(21)22-5)17(20)16-9-7-6-8-14(16)3/h6-9,13,15H,10-12H2,1-5H3. The molecule has 4 nitrogen and oxygen atoms in total. The van der Waals surface area contributed by atoms with E-state index in [-0.39, 0.29) is 17.8 Å². The number of carbonyl (C=O) groups is 2. The molecule has 0 saturated carbocycles. The molecule has 0 aliphatic heterocycles. The van der Waals surface area contributed by atoms with E-state index in [1.807, 2.05) is 31.2 Å². The van der Waals surface area contributed by atoms with Gasteiger partial charge in [-0.1, -0.05) is 39.0 Å². The Labute approximate surface area is 133 Å². The van der Waals surface area contributed by atoms with Gasteiger partial charge in [-0.2, -0.15) is 0 Å². The van der Waals surface area contributed by atoms with Crippen LogP contribution in [0, 0.1) is 18.8 Å². The Morgan fingerprint density at radius 1 is 1.18 bits per heavy atom. The highest BCUT2D eigenvalue weighted by molar-refractivity contribution is 5.95. The maximum atomic E-state index is 12.8. The molecule has 0 bridgehead atoms. The molecule has 0 radical (unpaired) electrons. The summed E-state index contributed by atoms with van der Waals surface area (Å²) in [5, 5.41) is 0. The first-order valence-electron chi connectivity index (χ1n) is 7.79. The van der Waals surface area contributed by atoms with E-state index in [0.29, 0.717) is 24.6 Å². The van der Waals surface area contributed by atoms with Crippen LogP contribution >= 0.6 is 0 Å².